The zero-order chi connectivity index (χ0) is 8.36. The van der Waals surface area contributed by atoms with Gasteiger partial charge in [0.05, 0.1) is 7.11 Å². The van der Waals surface area contributed by atoms with Crippen molar-refractivity contribution in [2.75, 3.05) is 7.11 Å². The summed E-state index contributed by atoms with van der Waals surface area (Å²) in [5.41, 5.74) is 0. The molecule has 0 spiro atoms. The molecule has 0 fully saturated rings. The Balaban J connectivity index is 2.69. The van der Waals surface area contributed by atoms with Gasteiger partial charge >= 0.3 is 0 Å². The summed E-state index contributed by atoms with van der Waals surface area (Å²) >= 11 is 0. The maximum atomic E-state index is 7.41. The highest BCUT2D eigenvalue weighted by Crippen LogP contribution is 1.87. The predicted molar refractivity (Wildman–Crippen MR) is 18.3 cm³/mol. The molecule has 10 heteroatoms. The van der Waals surface area contributed by atoms with E-state index in [2.05, 4.69) is 45.2 Å². The van der Waals surface area contributed by atoms with Crippen LogP contribution in [-0.2, 0) is 45.2 Å². The Morgan fingerprint density at radius 2 is 1.18 bits per heavy atom. The third-order valence-electron chi connectivity index (χ3n) is 0.265. The largest absolute Gasteiger partial charge is 0.219 e. The number of hydrogen-bond donors (Lipinski definition) is 1. The van der Waals surface area contributed by atoms with Crippen LogP contribution in [0.4, 0.5) is 0 Å². The normalized spacial score (nSPS) is 10.4. The molecule has 0 atom stereocenters. The minimum absolute atomic E-state index is 1.14. The fourth-order valence-electron chi connectivity index (χ4n) is 0.0969. The second-order valence-electron chi connectivity index (χ2n) is 0.717. The Morgan fingerprint density at radius 1 is 0.727 bits per heavy atom. The van der Waals surface area contributed by atoms with Gasteiger partial charge in [0.15, 0.2) is 0 Å². The fourth-order valence-corrected chi connectivity index (χ4v) is 0.0969. The molecule has 0 radical (unpaired) electrons. The van der Waals surface area contributed by atoms with E-state index in [4.69, 9.17) is 5.26 Å². The van der Waals surface area contributed by atoms with Gasteiger partial charge in [0, 0.05) is 0 Å². The minimum atomic E-state index is 1.14. The van der Waals surface area contributed by atoms with Gasteiger partial charge in [0.2, 0.25) is 0 Å². The van der Waals surface area contributed by atoms with Crippen LogP contribution in [0, 0.1) is 0 Å². The monoisotopic (exact) mass is 176 g/mol. The van der Waals surface area contributed by atoms with Crippen molar-refractivity contribution in [2.45, 2.75) is 0 Å². The first-order valence-corrected chi connectivity index (χ1v) is 1.92. The van der Waals surface area contributed by atoms with Crippen LogP contribution in [0.3, 0.4) is 0 Å². The Hall–Kier alpha value is -0.400. The van der Waals surface area contributed by atoms with Crippen molar-refractivity contribution in [3.63, 3.8) is 0 Å². The molecule has 0 saturated heterocycles. The van der Waals surface area contributed by atoms with Gasteiger partial charge in [-0.2, -0.15) is 0 Å². The summed E-state index contributed by atoms with van der Waals surface area (Å²) in [7, 11) is 1.14. The Labute approximate surface area is 58.9 Å². The molecule has 10 nitrogen and oxygen atoms in total. The molecule has 0 aromatic rings. The standard InChI is InChI=1S/CH4O10/c1-3-5-7-9-11-10-8-6-4-2/h2H,1H3. The van der Waals surface area contributed by atoms with E-state index in [1.165, 1.54) is 0 Å². The molecule has 0 bridgehead atoms. The molecular weight excluding hydrogens is 172 g/mol. The molecule has 0 saturated carbocycles. The molecule has 11 heavy (non-hydrogen) atoms. The highest BCUT2D eigenvalue weighted by atomic mass is 17.9. The van der Waals surface area contributed by atoms with E-state index in [-0.39, 0.29) is 0 Å². The van der Waals surface area contributed by atoms with Crippen LogP contribution < -0.4 is 0 Å². The van der Waals surface area contributed by atoms with Crippen LogP contribution >= 0.6 is 0 Å². The summed E-state index contributed by atoms with van der Waals surface area (Å²) in [6.07, 6.45) is 0. The van der Waals surface area contributed by atoms with Crippen molar-refractivity contribution in [3.8, 4) is 0 Å². The lowest BCUT2D eigenvalue weighted by Crippen LogP contribution is -2.00. The molecule has 0 amide bonds. The smallest absolute Gasteiger partial charge is 0.0745 e. The third-order valence-corrected chi connectivity index (χ3v) is 0.265. The highest BCUT2D eigenvalue weighted by molar-refractivity contribution is 3.35. The maximum Gasteiger partial charge on any atom is 0.0745 e. The Bertz CT molecular complexity index is 53.9. The van der Waals surface area contributed by atoms with Gasteiger partial charge in [-0.05, 0) is 40.3 Å². The van der Waals surface area contributed by atoms with E-state index in [1.54, 1.807) is 0 Å². The van der Waals surface area contributed by atoms with Crippen molar-refractivity contribution in [2.24, 2.45) is 0 Å². The van der Waals surface area contributed by atoms with Gasteiger partial charge in [-0.25, -0.2) is 10.1 Å². The topological polar surface area (TPSA) is 103 Å². The van der Waals surface area contributed by atoms with Gasteiger partial charge < -0.3 is 0 Å². The van der Waals surface area contributed by atoms with Crippen LogP contribution in [0.25, 0.3) is 0 Å². The second-order valence-corrected chi connectivity index (χ2v) is 0.717. The lowest BCUT2D eigenvalue weighted by Gasteiger charge is -1.95. The highest BCUT2D eigenvalue weighted by Gasteiger charge is 1.93. The molecule has 0 rings (SSSR count). The summed E-state index contributed by atoms with van der Waals surface area (Å²) in [6, 6.07) is 0. The van der Waals surface area contributed by atoms with Gasteiger partial charge in [0.1, 0.15) is 0 Å². The molecule has 0 heterocycles. The van der Waals surface area contributed by atoms with Crippen molar-refractivity contribution in [1.29, 1.82) is 0 Å². The first kappa shape index (κ1) is 10.6. The Morgan fingerprint density at radius 3 is 1.64 bits per heavy atom. The average Bonchev–Trinajstić information content (AvgIpc) is 2.03. The quantitative estimate of drug-likeness (QED) is 0.297. The van der Waals surface area contributed by atoms with E-state index >= 15 is 0 Å². The van der Waals surface area contributed by atoms with Crippen LogP contribution in [0.1, 0.15) is 0 Å². The van der Waals surface area contributed by atoms with Gasteiger partial charge in [0.25, 0.3) is 0 Å². The van der Waals surface area contributed by atoms with Crippen molar-refractivity contribution < 1.29 is 50.5 Å². The second kappa shape index (κ2) is 9.60. The summed E-state index contributed by atoms with van der Waals surface area (Å²) in [4.78, 5) is 3.85. The summed E-state index contributed by atoms with van der Waals surface area (Å²) in [6.45, 7) is 0. The third kappa shape index (κ3) is 9.60. The molecule has 0 aliphatic heterocycles. The van der Waals surface area contributed by atoms with Crippen LogP contribution in [0.2, 0.25) is 0 Å². The minimum Gasteiger partial charge on any atom is -0.219 e. The molecule has 0 aliphatic carbocycles. The average molecular weight is 176 g/mol. The maximum absolute atomic E-state index is 7.41. The van der Waals surface area contributed by atoms with Crippen molar-refractivity contribution in [3.05, 3.63) is 0 Å². The molecule has 1 N–H and O–H groups in total. The van der Waals surface area contributed by atoms with Crippen molar-refractivity contribution >= 4 is 0 Å². The SMILES string of the molecule is COOOOOOOOOO. The summed E-state index contributed by atoms with van der Waals surface area (Å²) in [5.74, 6) is 0. The van der Waals surface area contributed by atoms with E-state index in [0.717, 1.165) is 7.11 Å². The number of rotatable bonds is 8. The lowest BCUT2D eigenvalue weighted by atomic mass is 11.8. The Kier molecular flexibility index (Phi) is 9.25. The molecule has 0 aromatic carbocycles. The zero-order valence-corrected chi connectivity index (χ0v) is 5.12. The fraction of sp³-hybridized carbons (Fsp3) is 1.00. The molecule has 68 valence electrons. The van der Waals surface area contributed by atoms with Gasteiger partial charge in [-0.15, -0.1) is 0 Å². The van der Waals surface area contributed by atoms with E-state index in [0.29, 0.717) is 0 Å². The zero-order valence-electron chi connectivity index (χ0n) is 5.12. The molecule has 0 aromatic heterocycles. The molecule has 0 unspecified atom stereocenters. The predicted octanol–water partition coefficient (Wildman–Crippen LogP) is -0.441. The van der Waals surface area contributed by atoms with Crippen LogP contribution in [-0.4, -0.2) is 12.4 Å². The summed E-state index contributed by atoms with van der Waals surface area (Å²) in [5, 5.41) is 34.5. The van der Waals surface area contributed by atoms with Gasteiger partial charge in [-0.1, -0.05) is 0 Å². The van der Waals surface area contributed by atoms with Gasteiger partial charge in [-0.3, -0.25) is 0 Å². The molecular formula is CH4O10. The first-order chi connectivity index (χ1) is 5.41. The van der Waals surface area contributed by atoms with Crippen LogP contribution in [0.5, 0.6) is 0 Å². The van der Waals surface area contributed by atoms with Crippen LogP contribution in [0.15, 0.2) is 0 Å². The van der Waals surface area contributed by atoms with E-state index < -0.39 is 0 Å². The van der Waals surface area contributed by atoms with E-state index in [9.17, 15) is 0 Å². The molecule has 0 aliphatic rings. The first-order valence-electron chi connectivity index (χ1n) is 1.92. The van der Waals surface area contributed by atoms with E-state index in [1.807, 2.05) is 0 Å². The summed E-state index contributed by atoms with van der Waals surface area (Å²) < 4.78 is 0. The lowest BCUT2D eigenvalue weighted by molar-refractivity contribution is -0.843. The van der Waals surface area contributed by atoms with Crippen molar-refractivity contribution in [1.82, 2.24) is 0 Å². The number of hydrogen-bond acceptors (Lipinski definition) is 10.